The van der Waals surface area contributed by atoms with E-state index in [2.05, 4.69) is 4.99 Å². The Labute approximate surface area is 161 Å². The van der Waals surface area contributed by atoms with E-state index in [1.807, 2.05) is 36.4 Å². The molecule has 0 aliphatic rings. The Bertz CT molecular complexity index is 668. The average Bonchev–Trinajstić information content (AvgIpc) is 2.47. The molecule has 0 saturated heterocycles. The van der Waals surface area contributed by atoms with Gasteiger partial charge >= 0.3 is 0 Å². The van der Waals surface area contributed by atoms with Crippen molar-refractivity contribution in [3.05, 3.63) is 72.0 Å². The number of aliphatic imine (C=N–C) groups is 1. The molecular formula is C18H17MoNO5-6. The van der Waals surface area contributed by atoms with Crippen molar-refractivity contribution < 1.29 is 47.0 Å². The third-order valence-electron chi connectivity index (χ3n) is 2.43. The third kappa shape index (κ3) is 12.8. The molecule has 2 rings (SSSR count). The monoisotopic (exact) mass is 425 g/mol. The van der Waals surface area contributed by atoms with Gasteiger partial charge in [-0.15, -0.1) is 11.5 Å². The summed E-state index contributed by atoms with van der Waals surface area (Å²) in [4.78, 5) is 14.2. The summed E-state index contributed by atoms with van der Waals surface area (Å²) in [6.07, 6.45) is 2.65. The maximum Gasteiger partial charge on any atom is 0.151 e. The van der Waals surface area contributed by atoms with Crippen LogP contribution in [0.2, 0.25) is 0 Å². The Balaban J connectivity index is -0.000000425. The Morgan fingerprint density at radius 1 is 0.960 bits per heavy atom. The van der Waals surface area contributed by atoms with Crippen molar-refractivity contribution in [2.24, 2.45) is 4.99 Å². The number of hydrogen-bond acceptors (Lipinski definition) is 4. The maximum atomic E-state index is 11.3. The van der Waals surface area contributed by atoms with Crippen molar-refractivity contribution in [1.82, 2.24) is 0 Å². The summed E-state index contributed by atoms with van der Waals surface area (Å²) in [5.74, 6) is -0.378. The summed E-state index contributed by atoms with van der Waals surface area (Å²) in [7, 11) is 0. The number of nitrogens with zero attached hydrogens (tertiary/aromatic N) is 1. The van der Waals surface area contributed by atoms with Crippen molar-refractivity contribution in [2.75, 3.05) is 0 Å². The van der Waals surface area contributed by atoms with E-state index in [9.17, 15) is 15.0 Å². The van der Waals surface area contributed by atoms with E-state index in [0.29, 0.717) is 5.56 Å². The molecule has 0 unspecified atom stereocenters. The molecule has 0 amide bonds. The molecule has 0 aliphatic heterocycles. The van der Waals surface area contributed by atoms with E-state index in [1.165, 1.54) is 19.9 Å². The van der Waals surface area contributed by atoms with Crippen molar-refractivity contribution >= 4 is 17.7 Å². The largest absolute Gasteiger partial charge is 2.00 e. The second-order valence-corrected chi connectivity index (χ2v) is 4.50. The zero-order chi connectivity index (χ0) is 16.4. The topological polar surface area (TPSA) is 133 Å². The van der Waals surface area contributed by atoms with Crippen molar-refractivity contribution in [1.29, 1.82) is 0 Å². The van der Waals surface area contributed by atoms with E-state index >= 15 is 0 Å². The van der Waals surface area contributed by atoms with Gasteiger partial charge in [0, 0.05) is 27.3 Å². The average molecular weight is 423 g/mol. The maximum absolute atomic E-state index is 11.3. The van der Waals surface area contributed by atoms with Crippen LogP contribution in [0.15, 0.2) is 71.4 Å². The molecule has 0 saturated carbocycles. The van der Waals surface area contributed by atoms with Gasteiger partial charge in [0.2, 0.25) is 0 Å². The number of rotatable bonds is 3. The first-order valence-corrected chi connectivity index (χ1v) is 6.70. The molecule has 2 aromatic rings. The van der Waals surface area contributed by atoms with Gasteiger partial charge in [0.25, 0.3) is 0 Å². The number of allylic oxidation sites excluding steroid dienone is 2. The number of para-hydroxylation sites is 2. The summed E-state index contributed by atoms with van der Waals surface area (Å²) < 4.78 is 0. The van der Waals surface area contributed by atoms with E-state index < -0.39 is 0 Å². The van der Waals surface area contributed by atoms with Gasteiger partial charge in [-0.25, -0.2) is 0 Å². The summed E-state index contributed by atoms with van der Waals surface area (Å²) >= 11 is 0. The van der Waals surface area contributed by atoms with E-state index in [0.717, 1.165) is 11.8 Å². The molecule has 2 aromatic carbocycles. The van der Waals surface area contributed by atoms with Crippen molar-refractivity contribution in [3.8, 4) is 5.75 Å². The summed E-state index contributed by atoms with van der Waals surface area (Å²) in [6.45, 7) is 2.70. The molecule has 136 valence electrons. The van der Waals surface area contributed by atoms with Crippen LogP contribution in [-0.2, 0) is 36.8 Å². The number of carbonyl (C=O) groups is 1. The van der Waals surface area contributed by atoms with Gasteiger partial charge < -0.3 is 21.2 Å². The molecule has 0 bridgehead atoms. The molecule has 0 atom stereocenters. The number of carbonyl (C=O) groups excluding carboxylic acids is 1. The Morgan fingerprint density at radius 2 is 1.48 bits per heavy atom. The molecule has 0 radical (unpaired) electrons. The fourth-order valence-corrected chi connectivity index (χ4v) is 1.53. The Hall–Kier alpha value is -2.27. The van der Waals surface area contributed by atoms with Gasteiger partial charge in [-0.2, -0.15) is 0 Å². The van der Waals surface area contributed by atoms with Crippen LogP contribution in [0.25, 0.3) is 0 Å². The molecule has 0 N–H and O–H groups in total. The van der Waals surface area contributed by atoms with E-state index in [-0.39, 0.29) is 49.3 Å². The van der Waals surface area contributed by atoms with E-state index in [4.69, 9.17) is 0 Å². The first-order chi connectivity index (χ1) is 10.5. The molecule has 7 heteroatoms. The van der Waals surface area contributed by atoms with Crippen molar-refractivity contribution in [2.45, 2.75) is 13.8 Å². The van der Waals surface area contributed by atoms with Crippen molar-refractivity contribution in [3.63, 3.8) is 0 Å². The van der Waals surface area contributed by atoms with Crippen LogP contribution in [0.5, 0.6) is 5.75 Å². The summed E-state index contributed by atoms with van der Waals surface area (Å²) in [6, 6.07) is 16.4. The first-order valence-electron chi connectivity index (χ1n) is 6.70. The fourth-order valence-electron chi connectivity index (χ4n) is 1.53. The fraction of sp³-hybridized carbons (Fsp3) is 0.111. The summed E-state index contributed by atoms with van der Waals surface area (Å²) in [5, 5.41) is 21.3. The molecule has 0 aliphatic carbocycles. The first kappa shape index (κ1) is 27.6. The van der Waals surface area contributed by atoms with Crippen LogP contribution in [0.3, 0.4) is 0 Å². The predicted molar refractivity (Wildman–Crippen MR) is 85.4 cm³/mol. The standard InChI is InChI=1S/C13H11NO.C5H8O2.Mo.2O/c15-13-9-5-4-6-11(13)10-14-12-7-2-1-3-8-12;1-4(6)3-5(2)7;;;/h1-10,15H;3,6H,1-2H3;;;/q;;;2*-2/p-2/b;4-3-;;;. The molecule has 0 spiro atoms. The van der Waals surface area contributed by atoms with Gasteiger partial charge in [0.05, 0.1) is 5.69 Å². The SMILES string of the molecule is CC(=O)/C=C(/C)[O-].[Mo].[O-2].[O-2].[O-]c1ccccc1C=Nc1ccccc1. The number of hydrogen-bond donors (Lipinski definition) is 0. The molecular weight excluding hydrogens is 406 g/mol. The third-order valence-corrected chi connectivity index (χ3v) is 2.43. The van der Waals surface area contributed by atoms with Gasteiger partial charge in [-0.05, 0) is 30.7 Å². The smallest absolute Gasteiger partial charge is 0.151 e. The van der Waals surface area contributed by atoms with Crippen LogP contribution in [-0.4, -0.2) is 12.0 Å². The normalized spacial score (nSPS) is 9.60. The van der Waals surface area contributed by atoms with Crippen LogP contribution < -0.4 is 10.2 Å². The molecule has 25 heavy (non-hydrogen) atoms. The summed E-state index contributed by atoms with van der Waals surface area (Å²) in [5.41, 5.74) is 1.46. The number of ketones is 1. The minimum Gasteiger partial charge on any atom is -2.00 e. The minimum atomic E-state index is -0.187. The Kier molecular flexibility index (Phi) is 16.8. The van der Waals surface area contributed by atoms with Crippen LogP contribution in [0.4, 0.5) is 5.69 Å². The minimum absolute atomic E-state index is 0. The van der Waals surface area contributed by atoms with Crippen LogP contribution >= 0.6 is 0 Å². The molecule has 6 nitrogen and oxygen atoms in total. The van der Waals surface area contributed by atoms with Crippen LogP contribution in [0, 0.1) is 0 Å². The van der Waals surface area contributed by atoms with Gasteiger partial charge in [-0.3, -0.25) is 9.79 Å². The Morgan fingerprint density at radius 3 is 1.92 bits per heavy atom. The van der Waals surface area contributed by atoms with Gasteiger partial charge in [-0.1, -0.05) is 49.4 Å². The molecule has 0 heterocycles. The second-order valence-electron chi connectivity index (χ2n) is 4.50. The van der Waals surface area contributed by atoms with Gasteiger partial charge in [0.15, 0.2) is 5.78 Å². The number of benzene rings is 2. The zero-order valence-corrected chi connectivity index (χ0v) is 15.8. The predicted octanol–water partition coefficient (Wildman–Crippen LogP) is 2.11. The van der Waals surface area contributed by atoms with Crippen LogP contribution in [0.1, 0.15) is 19.4 Å². The quantitative estimate of drug-likeness (QED) is 0.324. The second kappa shape index (κ2) is 15.3. The zero-order valence-electron chi connectivity index (χ0n) is 13.7. The molecule has 0 aromatic heterocycles. The van der Waals surface area contributed by atoms with Gasteiger partial charge in [0.1, 0.15) is 0 Å². The molecule has 0 fully saturated rings. The van der Waals surface area contributed by atoms with E-state index in [1.54, 1.807) is 18.3 Å².